The first-order chi connectivity index (χ1) is 9.80. The van der Waals surface area contributed by atoms with Crippen LogP contribution in [0.15, 0.2) is 22.4 Å². The molecule has 1 rings (SSSR count). The fourth-order valence-corrected chi connectivity index (χ4v) is 0.443. The number of urea groups is 1. The summed E-state index contributed by atoms with van der Waals surface area (Å²) in [6.45, 7) is 0.472. The Morgan fingerprint density at radius 2 is 1.82 bits per heavy atom. The minimum atomic E-state index is -1.19. The van der Waals surface area contributed by atoms with E-state index < -0.39 is 23.2 Å². The van der Waals surface area contributed by atoms with Gasteiger partial charge in [-0.05, 0) is 0 Å². The molecule has 1 aromatic rings. The zero-order valence-corrected chi connectivity index (χ0v) is 13.0. The molecule has 0 aliphatic rings. The monoisotopic (exact) mass is 503 g/mol. The molecule has 0 radical (unpaired) electrons. The Bertz CT molecular complexity index is 445. The van der Waals surface area contributed by atoms with Gasteiger partial charge >= 0.3 is 0 Å². The van der Waals surface area contributed by atoms with Crippen LogP contribution >= 0.6 is 0 Å². The van der Waals surface area contributed by atoms with Gasteiger partial charge in [-0.1, -0.05) is 0 Å². The number of rotatable bonds is 1. The van der Waals surface area contributed by atoms with Gasteiger partial charge in [0, 0.05) is 33.3 Å². The number of H-pyrrole nitrogens is 1. The van der Waals surface area contributed by atoms with E-state index in [0.29, 0.717) is 0 Å². The third-order valence-corrected chi connectivity index (χ3v) is 1.08. The Morgan fingerprint density at radius 1 is 1.45 bits per heavy atom. The number of amides is 2. The second-order valence-corrected chi connectivity index (χ2v) is 2.55. The molecular weight excluding hydrogens is 490 g/mol. The second kappa shape index (κ2) is 21.2. The Labute approximate surface area is 137 Å². The van der Waals surface area contributed by atoms with Crippen LogP contribution in [-0.2, 0) is 21.1 Å². The molecule has 7 N–H and O–H groups in total. The second-order valence-electron chi connectivity index (χ2n) is 2.55. The van der Waals surface area contributed by atoms with Gasteiger partial charge in [0.05, 0.1) is 0 Å². The van der Waals surface area contributed by atoms with Crippen molar-refractivity contribution in [2.75, 3.05) is 13.1 Å². The molecular formula is C8H13FN6O6Pt-4. The van der Waals surface area contributed by atoms with Crippen molar-refractivity contribution in [3.8, 4) is 5.75 Å². The molecule has 0 saturated carbocycles. The number of carbonyl (C=O) groups is 1. The van der Waals surface area contributed by atoms with Crippen molar-refractivity contribution < 1.29 is 40.6 Å². The molecule has 12 nitrogen and oxygen atoms in total. The molecule has 22 heavy (non-hydrogen) atoms. The van der Waals surface area contributed by atoms with Crippen molar-refractivity contribution in [3.05, 3.63) is 55.7 Å². The van der Waals surface area contributed by atoms with E-state index >= 15 is 0 Å². The van der Waals surface area contributed by atoms with Gasteiger partial charge in [-0.3, -0.25) is 9.59 Å². The zero-order chi connectivity index (χ0) is 17.3. The first kappa shape index (κ1) is 28.1. The number of aromatic hydroxyl groups is 1. The van der Waals surface area contributed by atoms with Crippen molar-refractivity contribution in [3.63, 3.8) is 0 Å². The predicted octanol–water partition coefficient (Wildman–Crippen LogP) is 1.70. The van der Waals surface area contributed by atoms with Gasteiger partial charge in [0.1, 0.15) is 0 Å². The maximum absolute atomic E-state index is 12.1. The van der Waals surface area contributed by atoms with Gasteiger partial charge in [-0.15, -0.1) is 5.34 Å². The van der Waals surface area contributed by atoms with Crippen LogP contribution in [-0.4, -0.2) is 34.4 Å². The van der Waals surface area contributed by atoms with Crippen molar-refractivity contribution in [2.45, 2.75) is 0 Å². The molecule has 0 bridgehead atoms. The van der Waals surface area contributed by atoms with Crippen LogP contribution in [0.4, 0.5) is 9.18 Å². The third kappa shape index (κ3) is 26.5. The predicted molar refractivity (Wildman–Crippen MR) is 70.9 cm³/mol. The topological polar surface area (TPSA) is 226 Å². The Hall–Kier alpha value is -2.08. The molecule has 0 aliphatic carbocycles. The summed E-state index contributed by atoms with van der Waals surface area (Å²) < 4.78 is 12.1. The number of hydroxylamine groups is 1. The van der Waals surface area contributed by atoms with Crippen LogP contribution in [0, 0.1) is 15.9 Å². The van der Waals surface area contributed by atoms with E-state index in [1.165, 1.54) is 0 Å². The number of pyridine rings is 1. The molecule has 0 spiro atoms. The molecule has 0 saturated heterocycles. The average Bonchev–Trinajstić information content (AvgIpc) is 2.45. The summed E-state index contributed by atoms with van der Waals surface area (Å²) in [5.74, 6) is -1.45. The summed E-state index contributed by atoms with van der Waals surface area (Å²) in [4.78, 5) is 29.4. The Kier molecular flexibility index (Phi) is 27.1. The summed E-state index contributed by atoms with van der Waals surface area (Å²) in [5.41, 5.74) is 18.9. The third-order valence-electron chi connectivity index (χ3n) is 1.08. The van der Waals surface area contributed by atoms with Crippen LogP contribution in [0.5, 0.6) is 5.75 Å². The maximum atomic E-state index is 12.1. The van der Waals surface area contributed by atoms with Crippen molar-refractivity contribution in [1.29, 1.82) is 0 Å². The SMILES string of the molecule is O=N[O-].O=c1cc(O)c(F)c[nH]1.[NH-]C(=O)NO.[NH-]CC[NH-].[Pt]. The van der Waals surface area contributed by atoms with Crippen LogP contribution < -0.4 is 11.0 Å². The van der Waals surface area contributed by atoms with Gasteiger partial charge in [-0.25, -0.2) is 4.39 Å². The van der Waals surface area contributed by atoms with E-state index in [0.717, 1.165) is 23.1 Å². The van der Waals surface area contributed by atoms with Crippen molar-refractivity contribution in [1.82, 2.24) is 10.5 Å². The standard InChI is InChI=1S/C5H4FNO2.C2H6N2.CH4N2O2.HNO2.Pt/c6-3-2-7-5(9)1-4(3)8;3-1-2-4;2-1(4)3-5;2-1-3;/h1-2H,(H2,7,8,9);3-4H,1-2H2;(H4,2,3,4,5);(H,2,3);/q;-2;;;/p-2. The summed E-state index contributed by atoms with van der Waals surface area (Å²) in [7, 11) is 0. The molecule has 0 aliphatic heterocycles. The van der Waals surface area contributed by atoms with Crippen LogP contribution in [0.2, 0.25) is 0 Å². The zero-order valence-electron chi connectivity index (χ0n) is 10.7. The molecule has 1 heterocycles. The number of aromatic amines is 1. The number of hydrogen-bond acceptors (Lipinski definition) is 7. The van der Waals surface area contributed by atoms with Gasteiger partial charge in [0.15, 0.2) is 17.6 Å². The minimum absolute atomic E-state index is 0. The fraction of sp³-hybridized carbons (Fsp3) is 0.250. The number of nitrogens with one attached hydrogen (secondary N) is 5. The van der Waals surface area contributed by atoms with Gasteiger partial charge in [0.25, 0.3) is 5.56 Å². The molecule has 2 amide bonds. The van der Waals surface area contributed by atoms with E-state index in [2.05, 4.69) is 0 Å². The van der Waals surface area contributed by atoms with E-state index in [9.17, 15) is 9.18 Å². The van der Waals surface area contributed by atoms with E-state index in [4.69, 9.17) is 42.4 Å². The van der Waals surface area contributed by atoms with Crippen LogP contribution in [0.1, 0.15) is 0 Å². The minimum Gasteiger partial charge on any atom is -0.679 e. The normalized spacial score (nSPS) is 7.27. The molecule has 132 valence electrons. The first-order valence-electron chi connectivity index (χ1n) is 4.77. The van der Waals surface area contributed by atoms with Crippen LogP contribution in [0.25, 0.3) is 17.2 Å². The summed E-state index contributed by atoms with van der Waals surface area (Å²) in [6.07, 6.45) is 0.803. The number of nitrogens with zero attached hydrogens (tertiary/aromatic N) is 1. The van der Waals surface area contributed by atoms with Crippen molar-refractivity contribution >= 4 is 6.03 Å². The van der Waals surface area contributed by atoms with Gasteiger partial charge in [0.2, 0.25) is 0 Å². The first-order valence-corrected chi connectivity index (χ1v) is 4.77. The Balaban J connectivity index is -0.000000108. The molecule has 1 aromatic heterocycles. The quantitative estimate of drug-likeness (QED) is 0.253. The van der Waals surface area contributed by atoms with Gasteiger partial charge < -0.3 is 48.1 Å². The van der Waals surface area contributed by atoms with Gasteiger partial charge in [-0.2, -0.15) is 13.1 Å². The molecule has 0 aromatic carbocycles. The van der Waals surface area contributed by atoms with Crippen molar-refractivity contribution in [2.24, 2.45) is 5.34 Å². The smallest absolute Gasteiger partial charge is 0.251 e. The molecule has 0 atom stereocenters. The maximum Gasteiger partial charge on any atom is 0.251 e. The van der Waals surface area contributed by atoms with E-state index in [-0.39, 0.29) is 34.2 Å². The number of carbonyl (C=O) groups excluding carboxylic acids is 1. The number of halogens is 1. The molecule has 0 unspecified atom stereocenters. The summed E-state index contributed by atoms with van der Waals surface area (Å²) >= 11 is 0. The van der Waals surface area contributed by atoms with E-state index in [1.54, 1.807) is 0 Å². The summed E-state index contributed by atoms with van der Waals surface area (Å²) in [6, 6.07) is -0.417. The largest absolute Gasteiger partial charge is 0.679 e. The number of aromatic nitrogens is 1. The molecule has 14 heteroatoms. The molecule has 0 fully saturated rings. The Morgan fingerprint density at radius 3 is 2.00 bits per heavy atom. The number of hydrogen-bond donors (Lipinski definition) is 4. The van der Waals surface area contributed by atoms with E-state index in [1.807, 2.05) is 4.98 Å². The van der Waals surface area contributed by atoms with Crippen LogP contribution in [0.3, 0.4) is 0 Å². The average molecular weight is 503 g/mol. The summed E-state index contributed by atoms with van der Waals surface area (Å²) in [5, 5.41) is 24.9. The fourth-order valence-electron chi connectivity index (χ4n) is 0.443.